The number of benzene rings is 2. The molecule has 154 valence electrons. The van der Waals surface area contributed by atoms with Gasteiger partial charge in [-0.25, -0.2) is 4.68 Å². The number of aryl methyl sites for hydroxylation is 1. The van der Waals surface area contributed by atoms with Gasteiger partial charge in [-0.1, -0.05) is 34.1 Å². The number of hydrogen-bond acceptors (Lipinski definition) is 4. The van der Waals surface area contributed by atoms with E-state index < -0.39 is 0 Å². The zero-order valence-corrected chi connectivity index (χ0v) is 18.8. The van der Waals surface area contributed by atoms with Gasteiger partial charge in [0.05, 0.1) is 28.8 Å². The van der Waals surface area contributed by atoms with Gasteiger partial charge in [0.15, 0.2) is 0 Å². The van der Waals surface area contributed by atoms with Crippen LogP contribution in [-0.4, -0.2) is 21.5 Å². The summed E-state index contributed by atoms with van der Waals surface area (Å²) < 4.78 is 3.00. The number of hydrazone groups is 1. The lowest BCUT2D eigenvalue weighted by Crippen LogP contribution is -2.38. The fourth-order valence-corrected chi connectivity index (χ4v) is 6.19. The topological polar surface area (TPSA) is 57.2 Å². The lowest BCUT2D eigenvalue weighted by Gasteiger charge is -2.31. The number of hydrogen-bond donors (Lipinski definition) is 0. The molecule has 31 heavy (non-hydrogen) atoms. The van der Waals surface area contributed by atoms with Gasteiger partial charge >= 0.3 is 0 Å². The lowest BCUT2D eigenvalue weighted by molar-refractivity contribution is 0.363. The van der Waals surface area contributed by atoms with E-state index in [9.17, 15) is 5.26 Å². The molecule has 0 saturated heterocycles. The standard InChI is InChI=1S/C25H22BrN5/c1-15-21(14-27)25(31(28-15)19-5-3-2-4-6-19)23-22-16-7-8-17(13-16)24(22)30(29-23)20-11-9-18(26)10-12-20/h2-6,9-12,16-17,22,24H,7-8,13H2,1H3/t16?,17?,22-,24-/m1/s1. The molecule has 2 heterocycles. The average Bonchev–Trinajstić information content (AvgIpc) is 3.55. The van der Waals surface area contributed by atoms with Gasteiger partial charge in [0.25, 0.3) is 0 Å². The summed E-state index contributed by atoms with van der Waals surface area (Å²) >= 11 is 3.55. The van der Waals surface area contributed by atoms with E-state index in [0.717, 1.165) is 32.9 Å². The van der Waals surface area contributed by atoms with E-state index in [0.29, 0.717) is 29.4 Å². The predicted molar refractivity (Wildman–Crippen MR) is 124 cm³/mol. The first-order valence-electron chi connectivity index (χ1n) is 10.8. The second-order valence-corrected chi connectivity index (χ2v) is 9.74. The SMILES string of the molecule is Cc1nn(-c2ccccc2)c(C2=NN(c3ccc(Br)cc3)[C@@H]3C4CCC(C4)[C@H]23)c1C#N. The minimum atomic E-state index is 0.341. The van der Waals surface area contributed by atoms with Crippen LogP contribution in [0.15, 0.2) is 64.2 Å². The highest BCUT2D eigenvalue weighted by Gasteiger charge is 2.56. The van der Waals surface area contributed by atoms with Crippen molar-refractivity contribution >= 4 is 27.3 Å². The minimum Gasteiger partial charge on any atom is -0.261 e. The monoisotopic (exact) mass is 471 g/mol. The van der Waals surface area contributed by atoms with Crippen molar-refractivity contribution in [3.8, 4) is 11.8 Å². The third kappa shape index (κ3) is 2.80. The maximum atomic E-state index is 10.0. The van der Waals surface area contributed by atoms with E-state index in [2.05, 4.69) is 51.3 Å². The van der Waals surface area contributed by atoms with E-state index in [1.54, 1.807) is 0 Å². The Bertz CT molecular complexity index is 1220. The number of nitrogens with zero attached hydrogens (tertiary/aromatic N) is 5. The van der Waals surface area contributed by atoms with Crippen LogP contribution in [0.2, 0.25) is 0 Å². The van der Waals surface area contributed by atoms with Crippen molar-refractivity contribution in [2.75, 3.05) is 5.01 Å². The van der Waals surface area contributed by atoms with Crippen molar-refractivity contribution in [2.45, 2.75) is 32.2 Å². The number of halogens is 1. The normalized spacial score (nSPS) is 26.1. The van der Waals surface area contributed by atoms with Crippen molar-refractivity contribution in [2.24, 2.45) is 22.9 Å². The molecular formula is C25H22BrN5. The summed E-state index contributed by atoms with van der Waals surface area (Å²) in [5, 5.41) is 22.2. The Kier molecular flexibility index (Phi) is 4.29. The van der Waals surface area contributed by atoms with E-state index in [-0.39, 0.29) is 0 Å². The van der Waals surface area contributed by atoms with E-state index in [1.807, 2.05) is 41.9 Å². The maximum Gasteiger partial charge on any atom is 0.109 e. The summed E-state index contributed by atoms with van der Waals surface area (Å²) in [5.41, 5.74) is 5.37. The van der Waals surface area contributed by atoms with Gasteiger partial charge in [-0.15, -0.1) is 0 Å². The summed E-state index contributed by atoms with van der Waals surface area (Å²) in [5.74, 6) is 1.62. The second kappa shape index (κ2) is 7.06. The van der Waals surface area contributed by atoms with Crippen molar-refractivity contribution in [3.05, 3.63) is 76.0 Å². The first-order chi connectivity index (χ1) is 15.2. The zero-order chi connectivity index (χ0) is 21.1. The molecule has 2 aromatic carbocycles. The second-order valence-electron chi connectivity index (χ2n) is 8.82. The lowest BCUT2D eigenvalue weighted by atomic mass is 9.80. The number of fused-ring (bicyclic) bond motifs is 5. The fraction of sp³-hybridized carbons (Fsp3) is 0.320. The Morgan fingerprint density at radius 2 is 1.74 bits per heavy atom. The zero-order valence-electron chi connectivity index (χ0n) is 17.2. The van der Waals surface area contributed by atoms with Gasteiger partial charge in [0.1, 0.15) is 17.3 Å². The number of nitriles is 1. The van der Waals surface area contributed by atoms with Gasteiger partial charge in [0.2, 0.25) is 0 Å². The molecule has 6 heteroatoms. The summed E-state index contributed by atoms with van der Waals surface area (Å²) in [7, 11) is 0. The Labute approximate surface area is 190 Å². The number of rotatable bonds is 3. The Balaban J connectivity index is 1.55. The van der Waals surface area contributed by atoms with Gasteiger partial charge in [-0.05, 0) is 74.4 Å². The molecule has 2 aliphatic carbocycles. The maximum absolute atomic E-state index is 10.0. The summed E-state index contributed by atoms with van der Waals surface area (Å²) in [6, 6.07) is 21.3. The van der Waals surface area contributed by atoms with Crippen LogP contribution in [0.3, 0.4) is 0 Å². The molecule has 0 N–H and O–H groups in total. The van der Waals surface area contributed by atoms with Crippen molar-refractivity contribution in [3.63, 3.8) is 0 Å². The molecule has 2 saturated carbocycles. The van der Waals surface area contributed by atoms with Crippen LogP contribution >= 0.6 is 15.9 Å². The minimum absolute atomic E-state index is 0.341. The molecule has 3 aliphatic rings. The van der Waals surface area contributed by atoms with Crippen LogP contribution < -0.4 is 5.01 Å². The Morgan fingerprint density at radius 1 is 1.00 bits per heavy atom. The Morgan fingerprint density at radius 3 is 2.48 bits per heavy atom. The summed E-state index contributed by atoms with van der Waals surface area (Å²) in [6.45, 7) is 1.92. The molecule has 2 bridgehead atoms. The van der Waals surface area contributed by atoms with Crippen LogP contribution in [0.1, 0.15) is 36.2 Å². The summed E-state index contributed by atoms with van der Waals surface area (Å²) in [6.07, 6.45) is 3.77. The molecule has 1 aliphatic heterocycles. The third-order valence-electron chi connectivity index (χ3n) is 7.19. The van der Waals surface area contributed by atoms with Crippen LogP contribution in [0.4, 0.5) is 5.69 Å². The number of anilines is 1. The quantitative estimate of drug-likeness (QED) is 0.509. The smallest absolute Gasteiger partial charge is 0.109 e. The first-order valence-corrected chi connectivity index (χ1v) is 11.6. The third-order valence-corrected chi connectivity index (χ3v) is 7.72. The van der Waals surface area contributed by atoms with Gasteiger partial charge in [0, 0.05) is 10.4 Å². The molecule has 2 fully saturated rings. The van der Waals surface area contributed by atoms with Crippen molar-refractivity contribution < 1.29 is 0 Å². The largest absolute Gasteiger partial charge is 0.261 e. The molecule has 0 radical (unpaired) electrons. The highest BCUT2D eigenvalue weighted by atomic mass is 79.9. The van der Waals surface area contributed by atoms with Crippen LogP contribution in [0.5, 0.6) is 0 Å². The molecule has 6 rings (SSSR count). The predicted octanol–water partition coefficient (Wildman–Crippen LogP) is 5.45. The molecule has 3 aromatic rings. The average molecular weight is 472 g/mol. The fourth-order valence-electron chi connectivity index (χ4n) is 5.93. The van der Waals surface area contributed by atoms with Crippen LogP contribution in [0, 0.1) is 36.0 Å². The number of aromatic nitrogens is 2. The first kappa shape index (κ1) is 18.8. The van der Waals surface area contributed by atoms with Crippen LogP contribution in [-0.2, 0) is 0 Å². The van der Waals surface area contributed by atoms with Gasteiger partial charge < -0.3 is 0 Å². The van der Waals surface area contributed by atoms with Gasteiger partial charge in [-0.2, -0.15) is 15.5 Å². The van der Waals surface area contributed by atoms with Crippen molar-refractivity contribution in [1.82, 2.24) is 9.78 Å². The van der Waals surface area contributed by atoms with Crippen LogP contribution in [0.25, 0.3) is 5.69 Å². The van der Waals surface area contributed by atoms with E-state index in [1.165, 1.54) is 19.3 Å². The van der Waals surface area contributed by atoms with Crippen molar-refractivity contribution in [1.29, 1.82) is 5.26 Å². The highest BCUT2D eigenvalue weighted by molar-refractivity contribution is 9.10. The molecule has 4 atom stereocenters. The summed E-state index contributed by atoms with van der Waals surface area (Å²) in [4.78, 5) is 0. The number of para-hydroxylation sites is 1. The molecular weight excluding hydrogens is 450 g/mol. The van der Waals surface area contributed by atoms with Gasteiger partial charge in [-0.3, -0.25) is 5.01 Å². The van der Waals surface area contributed by atoms with E-state index >= 15 is 0 Å². The highest BCUT2D eigenvalue weighted by Crippen LogP contribution is 2.55. The molecule has 5 nitrogen and oxygen atoms in total. The molecule has 0 amide bonds. The Hall–Kier alpha value is -2.91. The molecule has 0 spiro atoms. The van der Waals surface area contributed by atoms with E-state index in [4.69, 9.17) is 10.2 Å². The molecule has 1 aromatic heterocycles. The molecule has 2 unspecified atom stereocenters.